The number of hydrogen-bond donors (Lipinski definition) is 1. The molecule has 0 bridgehead atoms. The first kappa shape index (κ1) is 17.3. The highest BCUT2D eigenvalue weighted by molar-refractivity contribution is 6.08. The molecule has 3 heteroatoms. The predicted octanol–water partition coefficient (Wildman–Crippen LogP) is 6.75. The average Bonchev–Trinajstić information content (AvgIpc) is 2.73. The molecular weight excluding hydrogens is 334 g/mol. The zero-order valence-corrected chi connectivity index (χ0v) is 15.8. The Morgan fingerprint density at radius 3 is 2.52 bits per heavy atom. The summed E-state index contributed by atoms with van der Waals surface area (Å²) in [6.45, 7) is 3.15. The number of fused-ring (bicyclic) bond motifs is 3. The van der Waals surface area contributed by atoms with E-state index in [2.05, 4.69) is 54.7 Å². The molecule has 0 spiro atoms. The Labute approximate surface area is 159 Å². The second-order valence-electron chi connectivity index (χ2n) is 6.70. The van der Waals surface area contributed by atoms with E-state index in [9.17, 15) is 0 Å². The molecule has 0 saturated carbocycles. The van der Waals surface area contributed by atoms with Crippen LogP contribution in [0.3, 0.4) is 0 Å². The minimum absolute atomic E-state index is 0.839. The van der Waals surface area contributed by atoms with E-state index in [0.29, 0.717) is 0 Å². The first-order valence-corrected chi connectivity index (χ1v) is 9.47. The summed E-state index contributed by atoms with van der Waals surface area (Å²) in [4.78, 5) is 0. The van der Waals surface area contributed by atoms with Crippen molar-refractivity contribution in [2.45, 2.75) is 19.8 Å². The van der Waals surface area contributed by atoms with Crippen molar-refractivity contribution in [1.82, 2.24) is 0 Å². The minimum atomic E-state index is 0.839. The number of rotatable bonds is 6. The topological polar surface area (TPSA) is 32.6 Å². The lowest BCUT2D eigenvalue weighted by molar-refractivity contribution is 0.415. The van der Waals surface area contributed by atoms with Crippen molar-refractivity contribution in [2.75, 3.05) is 19.0 Å². The van der Waals surface area contributed by atoms with E-state index in [0.717, 1.165) is 58.5 Å². The Kier molecular flexibility index (Phi) is 4.93. The molecule has 4 rings (SSSR count). The molecule has 3 nitrogen and oxygen atoms in total. The van der Waals surface area contributed by atoms with Gasteiger partial charge in [0.1, 0.15) is 11.1 Å². The van der Waals surface area contributed by atoms with Gasteiger partial charge in [-0.25, -0.2) is 4.42 Å². The van der Waals surface area contributed by atoms with E-state index in [1.807, 2.05) is 24.3 Å². The third-order valence-electron chi connectivity index (χ3n) is 4.88. The van der Waals surface area contributed by atoms with Crippen LogP contribution in [0.1, 0.15) is 19.8 Å². The van der Waals surface area contributed by atoms with Crippen LogP contribution in [0.2, 0.25) is 0 Å². The molecule has 3 aromatic carbocycles. The molecule has 0 aliphatic heterocycles. The fraction of sp³-hybridized carbons (Fsp3) is 0.208. The van der Waals surface area contributed by atoms with E-state index < -0.39 is 0 Å². The van der Waals surface area contributed by atoms with Crippen molar-refractivity contribution in [3.8, 4) is 17.1 Å². The van der Waals surface area contributed by atoms with Gasteiger partial charge in [0, 0.05) is 6.54 Å². The van der Waals surface area contributed by atoms with Crippen molar-refractivity contribution in [3.05, 3.63) is 66.7 Å². The fourth-order valence-corrected chi connectivity index (χ4v) is 3.36. The van der Waals surface area contributed by atoms with Gasteiger partial charge in [-0.1, -0.05) is 37.6 Å². The minimum Gasteiger partial charge on any atom is -0.497 e. The molecule has 0 atom stereocenters. The van der Waals surface area contributed by atoms with E-state index in [1.54, 1.807) is 7.11 Å². The van der Waals surface area contributed by atoms with E-state index in [-0.39, 0.29) is 0 Å². The van der Waals surface area contributed by atoms with Gasteiger partial charge < -0.3 is 10.1 Å². The molecule has 0 amide bonds. The highest BCUT2D eigenvalue weighted by Gasteiger charge is 2.21. The van der Waals surface area contributed by atoms with Crippen molar-refractivity contribution in [3.63, 3.8) is 0 Å². The normalized spacial score (nSPS) is 11.0. The predicted molar refractivity (Wildman–Crippen MR) is 114 cm³/mol. The first-order chi connectivity index (χ1) is 13.3. The van der Waals surface area contributed by atoms with Gasteiger partial charge in [0.15, 0.2) is 0 Å². The van der Waals surface area contributed by atoms with Gasteiger partial charge in [-0.3, -0.25) is 0 Å². The molecule has 0 radical (unpaired) electrons. The number of unbranched alkanes of at least 4 members (excludes halogenated alkanes) is 1. The molecule has 0 aliphatic rings. The SMILES string of the molecule is CCCCNc1cc(-c2ccc(OC)cc2)[o+]c2c1ccc1ccccc12. The van der Waals surface area contributed by atoms with Gasteiger partial charge in [-0.15, -0.1) is 0 Å². The summed E-state index contributed by atoms with van der Waals surface area (Å²) in [6.07, 6.45) is 2.30. The average molecular weight is 358 g/mol. The third-order valence-corrected chi connectivity index (χ3v) is 4.88. The van der Waals surface area contributed by atoms with Crippen LogP contribution >= 0.6 is 0 Å². The van der Waals surface area contributed by atoms with Crippen LogP contribution in [0.5, 0.6) is 5.75 Å². The number of hydrogen-bond acceptors (Lipinski definition) is 2. The Bertz CT molecular complexity index is 1070. The molecule has 0 saturated heterocycles. The fourth-order valence-electron chi connectivity index (χ4n) is 3.36. The standard InChI is InChI=1S/C24H24NO2/c1-3-4-15-25-22-16-23(18-9-12-19(26-2)13-10-18)27-24-20-8-6-5-7-17(20)11-14-21(22)24/h5-14,16,25H,3-4,15H2,1-2H3/q+1. The quantitative estimate of drug-likeness (QED) is 0.235. The summed E-state index contributed by atoms with van der Waals surface area (Å²) in [5.74, 6) is 1.69. The monoisotopic (exact) mass is 358 g/mol. The van der Waals surface area contributed by atoms with E-state index >= 15 is 0 Å². The Morgan fingerprint density at radius 2 is 1.74 bits per heavy atom. The number of benzene rings is 3. The maximum atomic E-state index is 6.40. The number of anilines is 1. The summed E-state index contributed by atoms with van der Waals surface area (Å²) in [5, 5.41) is 7.02. The molecule has 0 aliphatic carbocycles. The van der Waals surface area contributed by atoms with Gasteiger partial charge in [-0.2, -0.15) is 0 Å². The van der Waals surface area contributed by atoms with Crippen LogP contribution in [-0.4, -0.2) is 13.7 Å². The summed E-state index contributed by atoms with van der Waals surface area (Å²) in [6, 6.07) is 22.7. The number of methoxy groups -OCH3 is 1. The third kappa shape index (κ3) is 3.45. The molecule has 0 fully saturated rings. The Hall–Kier alpha value is -3.07. The Morgan fingerprint density at radius 1 is 0.926 bits per heavy atom. The second kappa shape index (κ2) is 7.67. The van der Waals surface area contributed by atoms with Crippen LogP contribution in [0, 0.1) is 0 Å². The maximum Gasteiger partial charge on any atom is 0.370 e. The molecule has 1 aromatic heterocycles. The van der Waals surface area contributed by atoms with Gasteiger partial charge in [0.05, 0.1) is 29.8 Å². The van der Waals surface area contributed by atoms with Crippen LogP contribution in [-0.2, 0) is 0 Å². The zero-order valence-electron chi connectivity index (χ0n) is 15.8. The summed E-state index contributed by atoms with van der Waals surface area (Å²) >= 11 is 0. The zero-order chi connectivity index (χ0) is 18.6. The van der Waals surface area contributed by atoms with Crippen LogP contribution in [0.15, 0.2) is 71.1 Å². The second-order valence-corrected chi connectivity index (χ2v) is 6.70. The van der Waals surface area contributed by atoms with Gasteiger partial charge in [0.2, 0.25) is 0 Å². The molecule has 1 N–H and O–H groups in total. The summed E-state index contributed by atoms with van der Waals surface area (Å²) < 4.78 is 11.7. The van der Waals surface area contributed by atoms with Crippen LogP contribution in [0.25, 0.3) is 33.1 Å². The van der Waals surface area contributed by atoms with Crippen molar-refractivity contribution >= 4 is 27.4 Å². The smallest absolute Gasteiger partial charge is 0.370 e. The lowest BCUT2D eigenvalue weighted by Gasteiger charge is -2.08. The largest absolute Gasteiger partial charge is 0.497 e. The van der Waals surface area contributed by atoms with Crippen molar-refractivity contribution < 1.29 is 9.15 Å². The van der Waals surface area contributed by atoms with Gasteiger partial charge in [0.25, 0.3) is 0 Å². The van der Waals surface area contributed by atoms with E-state index in [4.69, 9.17) is 9.15 Å². The Balaban J connectivity index is 1.91. The van der Waals surface area contributed by atoms with Crippen LogP contribution in [0.4, 0.5) is 5.69 Å². The molecular formula is C24H24NO2+. The number of nitrogens with one attached hydrogen (secondary N) is 1. The molecule has 1 heterocycles. The maximum absolute atomic E-state index is 6.40. The van der Waals surface area contributed by atoms with Gasteiger partial charge in [-0.05, 0) is 48.2 Å². The molecule has 136 valence electrons. The van der Waals surface area contributed by atoms with Gasteiger partial charge >= 0.3 is 11.3 Å². The number of ether oxygens (including phenoxy) is 1. The summed E-state index contributed by atoms with van der Waals surface area (Å²) in [7, 11) is 1.68. The van der Waals surface area contributed by atoms with Crippen molar-refractivity contribution in [1.29, 1.82) is 0 Å². The first-order valence-electron chi connectivity index (χ1n) is 9.47. The highest BCUT2D eigenvalue weighted by atomic mass is 16.5. The molecule has 27 heavy (non-hydrogen) atoms. The lowest BCUT2D eigenvalue weighted by atomic mass is 10.0. The van der Waals surface area contributed by atoms with E-state index in [1.165, 1.54) is 5.39 Å². The highest BCUT2D eigenvalue weighted by Crippen LogP contribution is 2.35. The van der Waals surface area contributed by atoms with Crippen molar-refractivity contribution in [2.24, 2.45) is 0 Å². The lowest BCUT2D eigenvalue weighted by Crippen LogP contribution is -2.02. The molecule has 4 aromatic rings. The van der Waals surface area contributed by atoms with Crippen LogP contribution < -0.4 is 10.1 Å². The molecule has 0 unspecified atom stereocenters. The summed E-state index contributed by atoms with van der Waals surface area (Å²) in [5.41, 5.74) is 3.06.